The summed E-state index contributed by atoms with van der Waals surface area (Å²) in [6.45, 7) is 3.07. The van der Waals surface area contributed by atoms with Crippen LogP contribution in [-0.2, 0) is 4.74 Å². The molecule has 8 bridgehead atoms. The molecule has 8 aliphatic carbocycles. The summed E-state index contributed by atoms with van der Waals surface area (Å²) in [5.41, 5.74) is 3.98. The van der Waals surface area contributed by atoms with E-state index in [1.54, 1.807) is 6.42 Å². The van der Waals surface area contributed by atoms with Crippen LogP contribution >= 0.6 is 15.9 Å². The van der Waals surface area contributed by atoms with Gasteiger partial charge in [0.25, 0.3) is 0 Å². The van der Waals surface area contributed by atoms with Gasteiger partial charge in [0.2, 0.25) is 0 Å². The van der Waals surface area contributed by atoms with Crippen LogP contribution in [0.25, 0.3) is 0 Å². The van der Waals surface area contributed by atoms with Gasteiger partial charge in [0.05, 0.1) is 10.4 Å². The monoisotopic (exact) mass is 390 g/mol. The van der Waals surface area contributed by atoms with E-state index in [1.165, 1.54) is 51.4 Å². The van der Waals surface area contributed by atoms with Gasteiger partial charge in [-0.05, 0) is 100 Å². The zero-order valence-corrected chi connectivity index (χ0v) is 16.6. The highest BCUT2D eigenvalue weighted by Gasteiger charge is 2.60. The summed E-state index contributed by atoms with van der Waals surface area (Å²) in [7, 11) is 0. The van der Waals surface area contributed by atoms with Gasteiger partial charge >= 0.3 is 0 Å². The van der Waals surface area contributed by atoms with Gasteiger partial charge in [-0.1, -0.05) is 27.1 Å². The van der Waals surface area contributed by atoms with Crippen LogP contribution in [0.4, 0.5) is 0 Å². The highest BCUT2D eigenvalue weighted by Crippen LogP contribution is 2.66. The molecule has 0 heterocycles. The Balaban J connectivity index is 1.45. The second-order valence-electron chi connectivity index (χ2n) is 10.2. The second-order valence-corrected chi connectivity index (χ2v) is 11.8. The fourth-order valence-electron chi connectivity index (χ4n) is 8.68. The topological polar surface area (TPSA) is 9.23 Å². The number of rotatable bonds is 2. The van der Waals surface area contributed by atoms with Crippen molar-refractivity contribution in [3.63, 3.8) is 0 Å². The molecule has 0 radical (unpaired) electrons. The van der Waals surface area contributed by atoms with Crippen molar-refractivity contribution in [1.29, 1.82) is 0 Å². The third kappa shape index (κ3) is 1.96. The summed E-state index contributed by atoms with van der Waals surface area (Å²) in [5, 5.41) is 0. The highest BCUT2D eigenvalue weighted by molar-refractivity contribution is 9.10. The lowest BCUT2D eigenvalue weighted by molar-refractivity contribution is -0.0793. The smallest absolute Gasteiger partial charge is 0.0793 e. The normalized spacial score (nSPS) is 57.2. The van der Waals surface area contributed by atoms with Gasteiger partial charge in [0.1, 0.15) is 0 Å². The van der Waals surface area contributed by atoms with Gasteiger partial charge in [-0.3, -0.25) is 0 Å². The third-order valence-electron chi connectivity index (χ3n) is 8.83. The lowest BCUT2D eigenvalue weighted by atomic mass is 9.47. The molecule has 0 N–H and O–H groups in total. The number of ether oxygens (including phenoxy) is 1. The van der Waals surface area contributed by atoms with E-state index in [2.05, 4.69) is 22.9 Å². The van der Waals surface area contributed by atoms with E-state index in [-0.39, 0.29) is 0 Å². The SMILES string of the molecule is CCOC1[C@H]2C[C@@H]3C[C@@H](C[C@@]1(Br)C3)C2=C1C2CC3CC(C2)CC1C3. The first-order valence-electron chi connectivity index (χ1n) is 10.7. The quantitative estimate of drug-likeness (QED) is 0.432. The lowest BCUT2D eigenvalue weighted by Crippen LogP contribution is -2.60. The van der Waals surface area contributed by atoms with Crippen molar-refractivity contribution in [2.75, 3.05) is 6.61 Å². The zero-order valence-electron chi connectivity index (χ0n) is 15.0. The molecular formula is C22H31BrO. The van der Waals surface area contributed by atoms with Crippen LogP contribution in [0.1, 0.15) is 64.7 Å². The van der Waals surface area contributed by atoms with E-state index in [0.717, 1.165) is 48.0 Å². The van der Waals surface area contributed by atoms with Crippen molar-refractivity contribution >= 4 is 15.9 Å². The van der Waals surface area contributed by atoms with Crippen molar-refractivity contribution in [2.45, 2.75) is 75.1 Å². The van der Waals surface area contributed by atoms with Gasteiger partial charge in [0, 0.05) is 12.5 Å². The van der Waals surface area contributed by atoms with Crippen LogP contribution in [0, 0.1) is 41.4 Å². The van der Waals surface area contributed by atoms with Gasteiger partial charge in [-0.25, -0.2) is 0 Å². The Kier molecular flexibility index (Phi) is 3.26. The molecule has 24 heavy (non-hydrogen) atoms. The Morgan fingerprint density at radius 2 is 1.50 bits per heavy atom. The molecule has 1 unspecified atom stereocenters. The Morgan fingerprint density at radius 1 is 0.833 bits per heavy atom. The molecule has 0 aromatic rings. The van der Waals surface area contributed by atoms with Gasteiger partial charge in [-0.15, -0.1) is 0 Å². The van der Waals surface area contributed by atoms with Crippen molar-refractivity contribution in [2.24, 2.45) is 41.4 Å². The Labute approximate surface area is 155 Å². The first-order valence-corrected chi connectivity index (χ1v) is 11.5. The van der Waals surface area contributed by atoms with Gasteiger partial charge in [-0.2, -0.15) is 0 Å². The van der Waals surface area contributed by atoms with Crippen LogP contribution in [0.3, 0.4) is 0 Å². The fraction of sp³-hybridized carbons (Fsp3) is 0.909. The van der Waals surface area contributed by atoms with Crippen molar-refractivity contribution < 1.29 is 4.74 Å². The molecule has 2 heteroatoms. The summed E-state index contributed by atoms with van der Waals surface area (Å²) in [6.07, 6.45) is 13.8. The van der Waals surface area contributed by atoms with E-state index in [0.29, 0.717) is 10.4 Å². The second kappa shape index (κ2) is 5.12. The Bertz CT molecular complexity index is 565. The maximum atomic E-state index is 6.41. The van der Waals surface area contributed by atoms with E-state index in [4.69, 9.17) is 4.74 Å². The summed E-state index contributed by atoms with van der Waals surface area (Å²) in [6, 6.07) is 0. The molecule has 1 nitrogen and oxygen atoms in total. The molecule has 5 atom stereocenters. The maximum Gasteiger partial charge on any atom is 0.0793 e. The molecule has 8 fully saturated rings. The average molecular weight is 391 g/mol. The number of halogens is 1. The Hall–Kier alpha value is 0.180. The predicted molar refractivity (Wildman–Crippen MR) is 100 cm³/mol. The van der Waals surface area contributed by atoms with Crippen LogP contribution in [-0.4, -0.2) is 17.0 Å². The number of hydrogen-bond donors (Lipinski definition) is 0. The first kappa shape index (κ1) is 15.3. The van der Waals surface area contributed by atoms with Crippen LogP contribution in [0.5, 0.6) is 0 Å². The maximum absolute atomic E-state index is 6.41. The molecule has 8 saturated carbocycles. The molecule has 0 spiro atoms. The van der Waals surface area contributed by atoms with Crippen LogP contribution in [0.2, 0.25) is 0 Å². The van der Waals surface area contributed by atoms with Gasteiger partial charge < -0.3 is 4.74 Å². The van der Waals surface area contributed by atoms with Gasteiger partial charge in [0.15, 0.2) is 0 Å². The molecule has 8 rings (SSSR count). The molecular weight excluding hydrogens is 360 g/mol. The minimum absolute atomic E-state index is 0.301. The fourth-order valence-corrected chi connectivity index (χ4v) is 9.98. The van der Waals surface area contributed by atoms with Crippen molar-refractivity contribution in [3.05, 3.63) is 11.1 Å². The first-order chi connectivity index (χ1) is 11.6. The van der Waals surface area contributed by atoms with Crippen molar-refractivity contribution in [1.82, 2.24) is 0 Å². The predicted octanol–water partition coefficient (Wildman–Crippen LogP) is 5.73. The molecule has 132 valence electrons. The molecule has 0 aliphatic heterocycles. The molecule has 8 aliphatic rings. The molecule has 0 amide bonds. The number of hydrogen-bond acceptors (Lipinski definition) is 1. The summed E-state index contributed by atoms with van der Waals surface area (Å²) < 4.78 is 6.71. The third-order valence-corrected chi connectivity index (χ3v) is 9.93. The summed E-state index contributed by atoms with van der Waals surface area (Å²) in [4.78, 5) is 0. The van der Waals surface area contributed by atoms with E-state index < -0.39 is 0 Å². The van der Waals surface area contributed by atoms with E-state index in [1.807, 2.05) is 11.1 Å². The number of allylic oxidation sites excluding steroid dienone is 1. The molecule has 0 aromatic carbocycles. The van der Waals surface area contributed by atoms with Crippen LogP contribution < -0.4 is 0 Å². The largest absolute Gasteiger partial charge is 0.376 e. The van der Waals surface area contributed by atoms with E-state index >= 15 is 0 Å². The standard InChI is InChI=1S/C22H31BrO/c1-2-24-21-18-9-14-8-17(11-22(21,23)10-14)20(18)19-15-4-12-3-13(6-15)7-16(19)5-12/h12-18,21H,2-11H2,1H3/t12?,13?,14-,15?,16?,17-,18-,21?,22-/m0/s1. The summed E-state index contributed by atoms with van der Waals surface area (Å²) >= 11 is 4.21. The minimum Gasteiger partial charge on any atom is -0.376 e. The highest BCUT2D eigenvalue weighted by atomic mass is 79.9. The van der Waals surface area contributed by atoms with Crippen molar-refractivity contribution in [3.8, 4) is 0 Å². The van der Waals surface area contributed by atoms with E-state index in [9.17, 15) is 0 Å². The zero-order chi connectivity index (χ0) is 16.1. The summed E-state index contributed by atoms with van der Waals surface area (Å²) in [5.74, 6) is 6.72. The average Bonchev–Trinajstić information content (AvgIpc) is 2.51. The van der Waals surface area contributed by atoms with Crippen LogP contribution in [0.15, 0.2) is 11.1 Å². The number of alkyl halides is 1. The Morgan fingerprint density at radius 3 is 2.17 bits per heavy atom. The molecule has 0 saturated heterocycles. The molecule has 0 aromatic heterocycles. The lowest BCUT2D eigenvalue weighted by Gasteiger charge is -2.62. The minimum atomic E-state index is 0.301.